The first-order valence-electron chi connectivity index (χ1n) is 11.1. The molecule has 0 bridgehead atoms. The maximum atomic E-state index is 13.2. The van der Waals surface area contributed by atoms with E-state index in [-0.39, 0.29) is 18.1 Å². The number of nitrogens with one attached hydrogen (secondary N) is 1. The van der Waals surface area contributed by atoms with Crippen LogP contribution in [-0.4, -0.2) is 38.4 Å². The number of carbonyl (C=O) groups excluding carboxylic acids is 1. The summed E-state index contributed by atoms with van der Waals surface area (Å²) in [6, 6.07) is 11.6. The highest BCUT2D eigenvalue weighted by Crippen LogP contribution is 2.39. The van der Waals surface area contributed by atoms with Crippen molar-refractivity contribution in [1.82, 2.24) is 5.32 Å². The van der Waals surface area contributed by atoms with Crippen LogP contribution in [0, 0.1) is 6.92 Å². The third-order valence-electron chi connectivity index (χ3n) is 5.22. The molecule has 0 radical (unpaired) electrons. The lowest BCUT2D eigenvalue weighted by Gasteiger charge is -2.33. The lowest BCUT2D eigenvalue weighted by Crippen LogP contribution is -2.42. The molecule has 1 N–H and O–H groups in total. The topological polar surface area (TPSA) is 66.0 Å². The Labute approximate surface area is 184 Å². The van der Waals surface area contributed by atoms with E-state index in [9.17, 15) is 4.79 Å². The van der Waals surface area contributed by atoms with E-state index in [1.54, 1.807) is 12.1 Å². The van der Waals surface area contributed by atoms with Crippen molar-refractivity contribution in [1.29, 1.82) is 0 Å². The average Bonchev–Trinajstić information content (AvgIpc) is 2.77. The van der Waals surface area contributed by atoms with Gasteiger partial charge in [0.25, 0.3) is 5.91 Å². The standard InChI is InChI=1S/C25H33NO5/c1-5-28-21-15-19(16-22(29-6-2)24(21)30-7-3)25(27)26-20-9-8-14-31-23(20)18-12-10-17(4)11-13-18/h10-13,15-16,20,23H,5-9,14H2,1-4H3,(H,26,27)/t20-,23+/m0/s1. The molecule has 168 valence electrons. The normalized spacial score (nSPS) is 18.3. The molecule has 2 aromatic carbocycles. The van der Waals surface area contributed by atoms with Crippen LogP contribution in [0.25, 0.3) is 0 Å². The highest BCUT2D eigenvalue weighted by atomic mass is 16.5. The van der Waals surface area contributed by atoms with E-state index in [1.165, 1.54) is 5.56 Å². The van der Waals surface area contributed by atoms with Gasteiger partial charge in [-0.2, -0.15) is 0 Å². The quantitative estimate of drug-likeness (QED) is 0.620. The predicted molar refractivity (Wildman–Crippen MR) is 120 cm³/mol. The summed E-state index contributed by atoms with van der Waals surface area (Å²) < 4.78 is 23.3. The predicted octanol–water partition coefficient (Wildman–Crippen LogP) is 4.84. The molecule has 1 amide bonds. The summed E-state index contributed by atoms with van der Waals surface area (Å²) in [7, 11) is 0. The van der Waals surface area contributed by atoms with Crippen molar-refractivity contribution in [3.05, 3.63) is 53.1 Å². The van der Waals surface area contributed by atoms with Crippen molar-refractivity contribution < 1.29 is 23.7 Å². The smallest absolute Gasteiger partial charge is 0.251 e. The molecular weight excluding hydrogens is 394 g/mol. The van der Waals surface area contributed by atoms with Crippen LogP contribution in [0.2, 0.25) is 0 Å². The summed E-state index contributed by atoms with van der Waals surface area (Å²) in [4.78, 5) is 13.2. The van der Waals surface area contributed by atoms with Gasteiger partial charge in [-0.25, -0.2) is 0 Å². The molecule has 6 heteroatoms. The Hall–Kier alpha value is -2.73. The van der Waals surface area contributed by atoms with E-state index in [4.69, 9.17) is 18.9 Å². The molecule has 2 atom stereocenters. The van der Waals surface area contributed by atoms with Gasteiger partial charge in [0, 0.05) is 12.2 Å². The van der Waals surface area contributed by atoms with Crippen LogP contribution in [0.1, 0.15) is 61.2 Å². The molecule has 1 aliphatic heterocycles. The molecule has 31 heavy (non-hydrogen) atoms. The first-order valence-corrected chi connectivity index (χ1v) is 11.1. The average molecular weight is 428 g/mol. The van der Waals surface area contributed by atoms with E-state index in [1.807, 2.05) is 20.8 Å². The maximum Gasteiger partial charge on any atom is 0.251 e. The van der Waals surface area contributed by atoms with Crippen LogP contribution in [0.4, 0.5) is 0 Å². The Bertz CT molecular complexity index is 838. The van der Waals surface area contributed by atoms with Crippen molar-refractivity contribution in [3.8, 4) is 17.2 Å². The molecule has 6 nitrogen and oxygen atoms in total. The van der Waals surface area contributed by atoms with Crippen LogP contribution >= 0.6 is 0 Å². The zero-order chi connectivity index (χ0) is 22.2. The number of rotatable bonds is 9. The summed E-state index contributed by atoms with van der Waals surface area (Å²) in [6.07, 6.45) is 1.60. The van der Waals surface area contributed by atoms with Gasteiger partial charge in [-0.15, -0.1) is 0 Å². The Kier molecular flexibility index (Phi) is 8.18. The minimum absolute atomic E-state index is 0.110. The van der Waals surface area contributed by atoms with Crippen molar-refractivity contribution in [3.63, 3.8) is 0 Å². The van der Waals surface area contributed by atoms with Crippen molar-refractivity contribution in [2.45, 2.75) is 52.7 Å². The van der Waals surface area contributed by atoms with Crippen LogP contribution in [0.3, 0.4) is 0 Å². The van der Waals surface area contributed by atoms with Crippen molar-refractivity contribution >= 4 is 5.91 Å². The van der Waals surface area contributed by atoms with Crippen LogP contribution in [0.15, 0.2) is 36.4 Å². The first-order chi connectivity index (χ1) is 15.1. The van der Waals surface area contributed by atoms with Crippen LogP contribution in [-0.2, 0) is 4.74 Å². The van der Waals surface area contributed by atoms with E-state index in [2.05, 4.69) is 36.5 Å². The first kappa shape index (κ1) is 22.9. The minimum atomic E-state index is -0.183. The van der Waals surface area contributed by atoms with Gasteiger partial charge in [-0.1, -0.05) is 29.8 Å². The van der Waals surface area contributed by atoms with Gasteiger partial charge >= 0.3 is 0 Å². The monoisotopic (exact) mass is 427 g/mol. The zero-order valence-corrected chi connectivity index (χ0v) is 18.9. The Morgan fingerprint density at radius 3 is 2.19 bits per heavy atom. The zero-order valence-electron chi connectivity index (χ0n) is 18.9. The molecule has 1 aliphatic rings. The SMILES string of the molecule is CCOc1cc(C(=O)N[C@H]2CCCO[C@@H]2c2ccc(C)cc2)cc(OCC)c1OCC. The second-order valence-corrected chi connectivity index (χ2v) is 7.52. The molecule has 0 spiro atoms. The summed E-state index contributed by atoms with van der Waals surface area (Å²) in [5, 5.41) is 3.17. The lowest BCUT2D eigenvalue weighted by molar-refractivity contribution is -0.00947. The molecule has 3 rings (SSSR count). The van der Waals surface area contributed by atoms with Crippen molar-refractivity contribution in [2.75, 3.05) is 26.4 Å². The second kappa shape index (κ2) is 11.0. The molecule has 1 saturated heterocycles. The summed E-state index contributed by atoms with van der Waals surface area (Å²) in [5.74, 6) is 1.37. The fraction of sp³-hybridized carbons (Fsp3) is 0.480. The number of amides is 1. The molecule has 2 aromatic rings. The van der Waals surface area contributed by atoms with Gasteiger partial charge in [0.15, 0.2) is 11.5 Å². The Morgan fingerprint density at radius 2 is 1.61 bits per heavy atom. The van der Waals surface area contributed by atoms with E-state index in [0.717, 1.165) is 18.4 Å². The summed E-state index contributed by atoms with van der Waals surface area (Å²) in [6.45, 7) is 9.84. The van der Waals surface area contributed by atoms with Gasteiger partial charge in [-0.3, -0.25) is 4.79 Å². The summed E-state index contributed by atoms with van der Waals surface area (Å²) in [5.41, 5.74) is 2.75. The van der Waals surface area contributed by atoms with Crippen molar-refractivity contribution in [2.24, 2.45) is 0 Å². The highest BCUT2D eigenvalue weighted by Gasteiger charge is 2.29. The third kappa shape index (κ3) is 5.70. The van der Waals surface area contributed by atoms with E-state index < -0.39 is 0 Å². The van der Waals surface area contributed by atoms with Crippen LogP contribution in [0.5, 0.6) is 17.2 Å². The molecule has 0 aliphatic carbocycles. The Balaban J connectivity index is 1.85. The molecule has 0 unspecified atom stereocenters. The van der Waals surface area contributed by atoms with Crippen LogP contribution < -0.4 is 19.5 Å². The molecule has 1 heterocycles. The maximum absolute atomic E-state index is 13.2. The minimum Gasteiger partial charge on any atom is -0.490 e. The fourth-order valence-corrected chi connectivity index (χ4v) is 3.79. The van der Waals surface area contributed by atoms with Gasteiger partial charge < -0.3 is 24.3 Å². The van der Waals surface area contributed by atoms with E-state index in [0.29, 0.717) is 49.2 Å². The highest BCUT2D eigenvalue weighted by molar-refractivity contribution is 5.96. The lowest BCUT2D eigenvalue weighted by atomic mass is 9.95. The van der Waals surface area contributed by atoms with E-state index >= 15 is 0 Å². The number of aryl methyl sites for hydroxylation is 1. The second-order valence-electron chi connectivity index (χ2n) is 7.52. The van der Waals surface area contributed by atoms with Gasteiger partial charge in [-0.05, 0) is 58.2 Å². The number of ether oxygens (including phenoxy) is 4. The number of hydrogen-bond donors (Lipinski definition) is 1. The van der Waals surface area contributed by atoms with Gasteiger partial charge in [0.1, 0.15) is 6.10 Å². The molecule has 0 aromatic heterocycles. The number of benzene rings is 2. The Morgan fingerprint density at radius 1 is 1.00 bits per heavy atom. The van der Waals surface area contributed by atoms with Gasteiger partial charge in [0.2, 0.25) is 5.75 Å². The third-order valence-corrected chi connectivity index (χ3v) is 5.22. The number of carbonyl (C=O) groups is 1. The molecule has 0 saturated carbocycles. The molecule has 1 fully saturated rings. The summed E-state index contributed by atoms with van der Waals surface area (Å²) >= 11 is 0. The number of hydrogen-bond acceptors (Lipinski definition) is 5. The molecular formula is C25H33NO5. The fourth-order valence-electron chi connectivity index (χ4n) is 3.79. The van der Waals surface area contributed by atoms with Gasteiger partial charge in [0.05, 0.1) is 25.9 Å². The largest absolute Gasteiger partial charge is 0.490 e.